The summed E-state index contributed by atoms with van der Waals surface area (Å²) in [7, 11) is 1.81. The van der Waals surface area contributed by atoms with Gasteiger partial charge in [-0.05, 0) is 30.5 Å². The third-order valence-corrected chi connectivity index (χ3v) is 3.43. The average molecular weight is 249 g/mol. The van der Waals surface area contributed by atoms with Crippen molar-refractivity contribution < 1.29 is 9.90 Å². The van der Waals surface area contributed by atoms with E-state index < -0.39 is 5.97 Å². The van der Waals surface area contributed by atoms with Crippen LogP contribution >= 0.6 is 0 Å². The van der Waals surface area contributed by atoms with E-state index in [-0.39, 0.29) is 12.0 Å². The van der Waals surface area contributed by atoms with Crippen LogP contribution in [-0.2, 0) is 4.79 Å². The highest BCUT2D eigenvalue weighted by atomic mass is 16.4. The average Bonchev–Trinajstić information content (AvgIpc) is 2.35. The van der Waals surface area contributed by atoms with Crippen molar-refractivity contribution in [2.75, 3.05) is 7.05 Å². The normalized spacial score (nSPS) is 14.5. The number of carboxylic acid groups (broad SMARTS) is 1. The highest BCUT2D eigenvalue weighted by Crippen LogP contribution is 2.26. The molecule has 0 radical (unpaired) electrons. The van der Waals surface area contributed by atoms with E-state index >= 15 is 0 Å². The molecule has 18 heavy (non-hydrogen) atoms. The minimum atomic E-state index is -0.746. The zero-order chi connectivity index (χ0) is 13.7. The number of aliphatic carboxylic acids is 1. The molecule has 2 N–H and O–H groups in total. The Labute approximate surface area is 109 Å². The second-order valence-electron chi connectivity index (χ2n) is 4.94. The lowest BCUT2D eigenvalue weighted by Crippen LogP contribution is -2.30. The van der Waals surface area contributed by atoms with Crippen LogP contribution in [-0.4, -0.2) is 18.1 Å². The third kappa shape index (κ3) is 3.33. The van der Waals surface area contributed by atoms with E-state index in [1.54, 1.807) is 0 Å². The lowest BCUT2D eigenvalue weighted by atomic mass is 9.89. The summed E-state index contributed by atoms with van der Waals surface area (Å²) in [5, 5.41) is 12.4. The Morgan fingerprint density at radius 3 is 2.06 bits per heavy atom. The van der Waals surface area contributed by atoms with Crippen molar-refractivity contribution in [3.05, 3.63) is 35.4 Å². The van der Waals surface area contributed by atoms with Crippen LogP contribution in [0.25, 0.3) is 0 Å². The molecule has 0 aromatic heterocycles. The van der Waals surface area contributed by atoms with Crippen LogP contribution < -0.4 is 5.32 Å². The maximum absolute atomic E-state index is 11.2. The van der Waals surface area contributed by atoms with Crippen LogP contribution in [0.5, 0.6) is 0 Å². The maximum Gasteiger partial charge on any atom is 0.308 e. The molecule has 0 spiro atoms. The standard InChI is InChI=1S/C15H23NO2/c1-5-13(15(17)18)14(16-4)12-8-6-11(7-9-12)10(2)3/h6-10,13-14,16H,5H2,1-4H3,(H,17,18). The van der Waals surface area contributed by atoms with Gasteiger partial charge in [-0.2, -0.15) is 0 Å². The van der Waals surface area contributed by atoms with E-state index in [0.29, 0.717) is 12.3 Å². The molecule has 0 amide bonds. The Balaban J connectivity index is 2.98. The van der Waals surface area contributed by atoms with Crippen molar-refractivity contribution in [3.8, 4) is 0 Å². The van der Waals surface area contributed by atoms with E-state index in [9.17, 15) is 9.90 Å². The van der Waals surface area contributed by atoms with Gasteiger partial charge in [0, 0.05) is 6.04 Å². The number of benzene rings is 1. The topological polar surface area (TPSA) is 49.3 Å². The first-order valence-electron chi connectivity index (χ1n) is 6.51. The minimum Gasteiger partial charge on any atom is -0.481 e. The van der Waals surface area contributed by atoms with Crippen molar-refractivity contribution in [1.29, 1.82) is 0 Å². The highest BCUT2D eigenvalue weighted by Gasteiger charge is 2.26. The lowest BCUT2D eigenvalue weighted by molar-refractivity contribution is -0.143. The number of rotatable bonds is 6. The fraction of sp³-hybridized carbons (Fsp3) is 0.533. The summed E-state index contributed by atoms with van der Waals surface area (Å²) >= 11 is 0. The van der Waals surface area contributed by atoms with Crippen molar-refractivity contribution in [3.63, 3.8) is 0 Å². The number of hydrogen-bond acceptors (Lipinski definition) is 2. The molecule has 0 aliphatic carbocycles. The summed E-state index contributed by atoms with van der Waals surface area (Å²) in [6, 6.07) is 8.09. The summed E-state index contributed by atoms with van der Waals surface area (Å²) in [5.74, 6) is -0.641. The number of carbonyl (C=O) groups is 1. The van der Waals surface area contributed by atoms with Crippen molar-refractivity contribution >= 4 is 5.97 Å². The van der Waals surface area contributed by atoms with Crippen LogP contribution in [0.3, 0.4) is 0 Å². The summed E-state index contributed by atoms with van der Waals surface area (Å²) in [6.45, 7) is 6.21. The van der Waals surface area contributed by atoms with E-state index in [4.69, 9.17) is 0 Å². The molecule has 0 heterocycles. The SMILES string of the molecule is CCC(C(=O)O)C(NC)c1ccc(C(C)C)cc1. The molecule has 0 aliphatic rings. The van der Waals surface area contributed by atoms with E-state index in [1.807, 2.05) is 26.1 Å². The Hall–Kier alpha value is -1.35. The molecule has 0 aliphatic heterocycles. The Kier molecular flexibility index (Phi) is 5.35. The monoisotopic (exact) mass is 249 g/mol. The molecule has 0 bridgehead atoms. The van der Waals surface area contributed by atoms with E-state index in [1.165, 1.54) is 5.56 Å². The maximum atomic E-state index is 11.2. The predicted molar refractivity (Wildman–Crippen MR) is 73.7 cm³/mol. The summed E-state index contributed by atoms with van der Waals surface area (Å²) in [6.07, 6.45) is 0.618. The van der Waals surface area contributed by atoms with Gasteiger partial charge in [-0.1, -0.05) is 45.0 Å². The van der Waals surface area contributed by atoms with Crippen LogP contribution in [0.4, 0.5) is 0 Å². The predicted octanol–water partition coefficient (Wildman–Crippen LogP) is 3.18. The lowest BCUT2D eigenvalue weighted by Gasteiger charge is -2.23. The van der Waals surface area contributed by atoms with Crippen molar-refractivity contribution in [2.24, 2.45) is 5.92 Å². The van der Waals surface area contributed by atoms with Gasteiger partial charge in [-0.25, -0.2) is 0 Å². The van der Waals surface area contributed by atoms with Gasteiger partial charge in [0.15, 0.2) is 0 Å². The molecular formula is C15H23NO2. The summed E-state index contributed by atoms with van der Waals surface area (Å²) in [5.41, 5.74) is 2.31. The smallest absolute Gasteiger partial charge is 0.308 e. The van der Waals surface area contributed by atoms with Crippen molar-refractivity contribution in [2.45, 2.75) is 39.2 Å². The highest BCUT2D eigenvalue weighted by molar-refractivity contribution is 5.71. The van der Waals surface area contributed by atoms with E-state index in [0.717, 1.165) is 5.56 Å². The summed E-state index contributed by atoms with van der Waals surface area (Å²) in [4.78, 5) is 11.2. The van der Waals surface area contributed by atoms with Crippen LogP contribution in [0, 0.1) is 5.92 Å². The number of hydrogen-bond donors (Lipinski definition) is 2. The fourth-order valence-electron chi connectivity index (χ4n) is 2.24. The second-order valence-corrected chi connectivity index (χ2v) is 4.94. The Morgan fingerprint density at radius 1 is 1.22 bits per heavy atom. The Morgan fingerprint density at radius 2 is 1.72 bits per heavy atom. The molecule has 1 rings (SSSR count). The largest absolute Gasteiger partial charge is 0.481 e. The van der Waals surface area contributed by atoms with Gasteiger partial charge in [-0.3, -0.25) is 4.79 Å². The molecule has 0 saturated carbocycles. The molecule has 1 aromatic carbocycles. The molecule has 2 atom stereocenters. The van der Waals surface area contributed by atoms with Crippen LogP contribution in [0.15, 0.2) is 24.3 Å². The fourth-order valence-corrected chi connectivity index (χ4v) is 2.24. The molecule has 2 unspecified atom stereocenters. The van der Waals surface area contributed by atoms with Gasteiger partial charge < -0.3 is 10.4 Å². The Bertz CT molecular complexity index is 384. The second kappa shape index (κ2) is 6.55. The molecule has 100 valence electrons. The molecule has 3 nitrogen and oxygen atoms in total. The molecular weight excluding hydrogens is 226 g/mol. The first-order valence-corrected chi connectivity index (χ1v) is 6.51. The zero-order valence-corrected chi connectivity index (χ0v) is 11.6. The minimum absolute atomic E-state index is 0.131. The van der Waals surface area contributed by atoms with Gasteiger partial charge in [-0.15, -0.1) is 0 Å². The van der Waals surface area contributed by atoms with E-state index in [2.05, 4.69) is 31.3 Å². The molecule has 0 fully saturated rings. The van der Waals surface area contributed by atoms with Gasteiger partial charge in [0.1, 0.15) is 0 Å². The molecule has 0 saturated heterocycles. The third-order valence-electron chi connectivity index (χ3n) is 3.43. The number of carboxylic acids is 1. The molecule has 1 aromatic rings. The van der Waals surface area contributed by atoms with Crippen LogP contribution in [0.1, 0.15) is 50.3 Å². The van der Waals surface area contributed by atoms with Crippen LogP contribution in [0.2, 0.25) is 0 Å². The first-order chi connectivity index (χ1) is 8.51. The first kappa shape index (κ1) is 14.7. The number of nitrogens with one attached hydrogen (secondary N) is 1. The summed E-state index contributed by atoms with van der Waals surface area (Å²) < 4.78 is 0. The van der Waals surface area contributed by atoms with Gasteiger partial charge in [0.25, 0.3) is 0 Å². The van der Waals surface area contributed by atoms with Crippen molar-refractivity contribution in [1.82, 2.24) is 5.32 Å². The van der Waals surface area contributed by atoms with Gasteiger partial charge in [0.05, 0.1) is 5.92 Å². The zero-order valence-electron chi connectivity index (χ0n) is 11.6. The van der Waals surface area contributed by atoms with Gasteiger partial charge >= 0.3 is 5.97 Å². The quantitative estimate of drug-likeness (QED) is 0.814. The molecule has 3 heteroatoms. The van der Waals surface area contributed by atoms with Gasteiger partial charge in [0.2, 0.25) is 0 Å².